The van der Waals surface area contributed by atoms with Gasteiger partial charge in [-0.3, -0.25) is 9.59 Å². The molecule has 0 radical (unpaired) electrons. The number of hydrogen-bond donors (Lipinski definition) is 2. The van der Waals surface area contributed by atoms with E-state index in [1.165, 1.54) is 22.3 Å². The summed E-state index contributed by atoms with van der Waals surface area (Å²) >= 11 is 0. The van der Waals surface area contributed by atoms with E-state index in [4.69, 9.17) is 4.74 Å². The number of nitrogens with one attached hydrogen (secondary N) is 1. The molecule has 1 saturated heterocycles. The van der Waals surface area contributed by atoms with E-state index in [2.05, 4.69) is 29.6 Å². The summed E-state index contributed by atoms with van der Waals surface area (Å²) in [7, 11) is 0. The van der Waals surface area contributed by atoms with Gasteiger partial charge in [-0.25, -0.2) is 4.79 Å². The molecule has 1 aliphatic heterocycles. The van der Waals surface area contributed by atoms with Gasteiger partial charge >= 0.3 is 12.1 Å². The Bertz CT molecular complexity index is 1010. The van der Waals surface area contributed by atoms with Gasteiger partial charge in [0.1, 0.15) is 6.61 Å². The first-order valence-corrected chi connectivity index (χ1v) is 12.1. The maximum atomic E-state index is 12.4. The number of likely N-dealkylation sites (tertiary alicyclic amines) is 1. The molecule has 34 heavy (non-hydrogen) atoms. The highest BCUT2D eigenvalue weighted by atomic mass is 16.5. The Morgan fingerprint density at radius 1 is 1.09 bits per heavy atom. The first-order chi connectivity index (χ1) is 16.4. The molecule has 7 heteroatoms. The van der Waals surface area contributed by atoms with Crippen LogP contribution >= 0.6 is 0 Å². The third-order valence-electron chi connectivity index (χ3n) is 6.86. The summed E-state index contributed by atoms with van der Waals surface area (Å²) in [5, 5.41) is 12.1. The van der Waals surface area contributed by atoms with E-state index >= 15 is 0 Å². The number of rotatable bonds is 8. The molecule has 2 unspecified atom stereocenters. The molecule has 0 bridgehead atoms. The van der Waals surface area contributed by atoms with Crippen molar-refractivity contribution < 1.29 is 24.2 Å². The minimum atomic E-state index is -0.835. The van der Waals surface area contributed by atoms with Crippen LogP contribution in [0.15, 0.2) is 48.5 Å². The molecule has 2 atom stereocenters. The van der Waals surface area contributed by atoms with Gasteiger partial charge in [0, 0.05) is 31.5 Å². The molecule has 1 fully saturated rings. The average Bonchev–Trinajstić information content (AvgIpc) is 3.16. The van der Waals surface area contributed by atoms with Gasteiger partial charge < -0.3 is 20.1 Å². The predicted octanol–water partition coefficient (Wildman–Crippen LogP) is 4.41. The number of carboxylic acid groups (broad SMARTS) is 1. The van der Waals surface area contributed by atoms with Gasteiger partial charge in [-0.15, -0.1) is 0 Å². The fraction of sp³-hybridized carbons (Fsp3) is 0.444. The molecule has 1 aliphatic carbocycles. The van der Waals surface area contributed by atoms with Gasteiger partial charge in [0.15, 0.2) is 0 Å². The van der Waals surface area contributed by atoms with Crippen LogP contribution in [0.3, 0.4) is 0 Å². The maximum Gasteiger partial charge on any atom is 0.407 e. The second-order valence-electron chi connectivity index (χ2n) is 9.28. The highest BCUT2D eigenvalue weighted by Gasteiger charge is 2.30. The van der Waals surface area contributed by atoms with Crippen LogP contribution < -0.4 is 5.32 Å². The Morgan fingerprint density at radius 2 is 1.74 bits per heavy atom. The second-order valence-corrected chi connectivity index (χ2v) is 9.28. The van der Waals surface area contributed by atoms with E-state index in [-0.39, 0.29) is 24.5 Å². The first-order valence-electron chi connectivity index (χ1n) is 12.1. The van der Waals surface area contributed by atoms with Gasteiger partial charge in [-0.05, 0) is 54.9 Å². The van der Waals surface area contributed by atoms with Gasteiger partial charge in [0.25, 0.3) is 0 Å². The van der Waals surface area contributed by atoms with Crippen molar-refractivity contribution in [2.75, 3.05) is 19.7 Å². The number of amides is 2. The summed E-state index contributed by atoms with van der Waals surface area (Å²) in [5.74, 6) is -1.30. The van der Waals surface area contributed by atoms with E-state index in [0.29, 0.717) is 38.8 Å². The molecule has 2 aromatic rings. The van der Waals surface area contributed by atoms with E-state index in [1.807, 2.05) is 31.2 Å². The quantitative estimate of drug-likeness (QED) is 0.603. The summed E-state index contributed by atoms with van der Waals surface area (Å²) in [6.45, 7) is 3.08. The lowest BCUT2D eigenvalue weighted by Gasteiger charge is -2.30. The molecular weight excluding hydrogens is 432 g/mol. The third-order valence-corrected chi connectivity index (χ3v) is 6.86. The van der Waals surface area contributed by atoms with Gasteiger partial charge in [-0.1, -0.05) is 48.5 Å². The van der Waals surface area contributed by atoms with E-state index < -0.39 is 18.0 Å². The van der Waals surface area contributed by atoms with Crippen molar-refractivity contribution in [1.82, 2.24) is 10.2 Å². The van der Waals surface area contributed by atoms with Gasteiger partial charge in [0.2, 0.25) is 5.91 Å². The number of fused-ring (bicyclic) bond motifs is 3. The van der Waals surface area contributed by atoms with E-state index in [9.17, 15) is 19.5 Å². The van der Waals surface area contributed by atoms with Gasteiger partial charge in [0.05, 0.1) is 5.92 Å². The number of alkyl carbamates (subject to hydrolysis) is 1. The van der Waals surface area contributed by atoms with Crippen LogP contribution in [0.4, 0.5) is 4.79 Å². The topological polar surface area (TPSA) is 95.9 Å². The van der Waals surface area contributed by atoms with Gasteiger partial charge in [-0.2, -0.15) is 0 Å². The molecule has 4 rings (SSSR count). The van der Waals surface area contributed by atoms with Crippen LogP contribution in [0.5, 0.6) is 0 Å². The molecule has 180 valence electrons. The number of hydrogen-bond acceptors (Lipinski definition) is 4. The Hall–Kier alpha value is -3.35. The van der Waals surface area contributed by atoms with Crippen LogP contribution in [0, 0.1) is 5.92 Å². The third kappa shape index (κ3) is 5.41. The summed E-state index contributed by atoms with van der Waals surface area (Å²) in [6.07, 6.45) is 2.51. The Labute approximate surface area is 200 Å². The minimum Gasteiger partial charge on any atom is -0.481 e. The highest BCUT2D eigenvalue weighted by Crippen LogP contribution is 2.44. The fourth-order valence-electron chi connectivity index (χ4n) is 5.04. The van der Waals surface area contributed by atoms with Crippen LogP contribution in [0.25, 0.3) is 11.1 Å². The lowest BCUT2D eigenvalue weighted by Crippen LogP contribution is -2.42. The summed E-state index contributed by atoms with van der Waals surface area (Å²) in [6, 6.07) is 16.3. The van der Waals surface area contributed by atoms with Crippen LogP contribution in [0.2, 0.25) is 0 Å². The highest BCUT2D eigenvalue weighted by molar-refractivity contribution is 5.79. The van der Waals surface area contributed by atoms with Crippen molar-refractivity contribution in [3.05, 3.63) is 59.7 Å². The number of piperidine rings is 1. The molecule has 0 saturated carbocycles. The summed E-state index contributed by atoms with van der Waals surface area (Å²) in [5.41, 5.74) is 4.72. The number of aliphatic carboxylic acids is 1. The maximum absolute atomic E-state index is 12.4. The van der Waals surface area contributed by atoms with Crippen molar-refractivity contribution in [2.24, 2.45) is 5.92 Å². The van der Waals surface area contributed by atoms with Crippen molar-refractivity contribution >= 4 is 18.0 Å². The monoisotopic (exact) mass is 464 g/mol. The number of benzene rings is 2. The smallest absolute Gasteiger partial charge is 0.407 e. The Balaban J connectivity index is 1.21. The number of carboxylic acids is 1. The fourth-order valence-corrected chi connectivity index (χ4v) is 5.04. The van der Waals surface area contributed by atoms with Crippen molar-refractivity contribution in [3.8, 4) is 11.1 Å². The average molecular weight is 465 g/mol. The molecule has 2 N–H and O–H groups in total. The zero-order chi connectivity index (χ0) is 24.1. The standard InChI is InChI=1S/C27H32N2O5/c1-18(8-6-14-25(30)29-15-7-9-19(16-29)26(31)32)28-27(33)34-17-24-22-12-4-2-10-20(22)21-11-3-5-13-23(21)24/h2-5,10-13,18-19,24H,6-9,14-17H2,1H3,(H,28,33)(H,31,32). The second kappa shape index (κ2) is 10.7. The number of carbonyl (C=O) groups excluding carboxylic acids is 2. The number of ether oxygens (including phenoxy) is 1. The number of carbonyl (C=O) groups is 3. The molecule has 0 spiro atoms. The van der Waals surface area contributed by atoms with Crippen molar-refractivity contribution in [3.63, 3.8) is 0 Å². The normalized spacial score (nSPS) is 18.0. The molecule has 7 nitrogen and oxygen atoms in total. The summed E-state index contributed by atoms with van der Waals surface area (Å²) in [4.78, 5) is 37.7. The van der Waals surface area contributed by atoms with Crippen LogP contribution in [0.1, 0.15) is 56.1 Å². The molecule has 2 aliphatic rings. The van der Waals surface area contributed by atoms with E-state index in [1.54, 1.807) is 4.90 Å². The Morgan fingerprint density at radius 3 is 2.38 bits per heavy atom. The molecule has 2 aromatic carbocycles. The lowest BCUT2D eigenvalue weighted by atomic mass is 9.98. The van der Waals surface area contributed by atoms with Crippen LogP contribution in [-0.4, -0.2) is 53.7 Å². The zero-order valence-corrected chi connectivity index (χ0v) is 19.5. The van der Waals surface area contributed by atoms with Crippen LogP contribution in [-0.2, 0) is 14.3 Å². The molecule has 1 heterocycles. The SMILES string of the molecule is CC(CCCC(=O)N1CCCC(C(=O)O)C1)NC(=O)OCC1c2ccccc2-c2ccccc21. The van der Waals surface area contributed by atoms with E-state index in [0.717, 1.165) is 6.42 Å². The summed E-state index contributed by atoms with van der Waals surface area (Å²) < 4.78 is 5.59. The Kier molecular flexibility index (Phi) is 7.50. The minimum absolute atomic E-state index is 0.0145. The van der Waals surface area contributed by atoms with Crippen molar-refractivity contribution in [1.29, 1.82) is 0 Å². The van der Waals surface area contributed by atoms with Crippen molar-refractivity contribution in [2.45, 2.75) is 51.0 Å². The largest absolute Gasteiger partial charge is 0.481 e. The molecule has 2 amide bonds. The molecule has 0 aromatic heterocycles. The lowest BCUT2D eigenvalue weighted by molar-refractivity contribution is -0.145. The predicted molar refractivity (Wildman–Crippen MR) is 128 cm³/mol. The molecular formula is C27H32N2O5. The number of nitrogens with zero attached hydrogens (tertiary/aromatic N) is 1. The first kappa shape index (κ1) is 23.8. The zero-order valence-electron chi connectivity index (χ0n) is 19.5.